The predicted octanol–water partition coefficient (Wildman–Crippen LogP) is 3.58. The molecule has 0 fully saturated rings. The first-order valence-corrected chi connectivity index (χ1v) is 6.46. The van der Waals surface area contributed by atoms with Gasteiger partial charge in [0.25, 0.3) is 0 Å². The number of nitrogens with zero attached hydrogens (tertiary/aromatic N) is 1. The average Bonchev–Trinajstić information content (AvgIpc) is 2.28. The van der Waals surface area contributed by atoms with E-state index in [0.717, 1.165) is 15.7 Å². The fraction of sp³-hybridized carbons (Fsp3) is 0.0769. The molecule has 2 rings (SSSR count). The number of hydrogen-bond acceptors (Lipinski definition) is 3. The van der Waals surface area contributed by atoms with Gasteiger partial charge in [-0.1, -0.05) is 34.2 Å². The Morgan fingerprint density at radius 2 is 2.11 bits per heavy atom. The molecule has 0 unspecified atom stereocenters. The quantitative estimate of drug-likeness (QED) is 0.877. The van der Waals surface area contributed by atoms with Gasteiger partial charge in [0.2, 0.25) is 5.88 Å². The third-order valence-electron chi connectivity index (χ3n) is 2.23. The van der Waals surface area contributed by atoms with E-state index in [1.807, 2.05) is 37.3 Å². The Hall–Kier alpha value is -1.46. The highest BCUT2D eigenvalue weighted by Gasteiger charge is 2.05. The fourth-order valence-electron chi connectivity index (χ4n) is 1.48. The maximum Gasteiger partial charge on any atom is 0.220 e. The second-order valence-corrected chi connectivity index (χ2v) is 5.11. The molecule has 5 heteroatoms. The Labute approximate surface area is 119 Å². The van der Waals surface area contributed by atoms with E-state index >= 15 is 0 Å². The molecule has 18 heavy (non-hydrogen) atoms. The molecular formula is C13H11BrN2OS. The van der Waals surface area contributed by atoms with Gasteiger partial charge in [-0.15, -0.1) is 0 Å². The Balaban J connectivity index is 2.31. The highest BCUT2D eigenvalue weighted by molar-refractivity contribution is 9.10. The molecule has 0 aliphatic carbocycles. The molecule has 0 bridgehead atoms. The van der Waals surface area contributed by atoms with Crippen molar-refractivity contribution in [3.8, 4) is 11.6 Å². The first kappa shape index (κ1) is 13.0. The maximum atomic E-state index is 5.67. The van der Waals surface area contributed by atoms with Crippen LogP contribution in [0.4, 0.5) is 0 Å². The summed E-state index contributed by atoms with van der Waals surface area (Å²) in [7, 11) is 0. The number of aryl methyl sites for hydroxylation is 1. The van der Waals surface area contributed by atoms with E-state index in [0.29, 0.717) is 16.6 Å². The lowest BCUT2D eigenvalue weighted by Gasteiger charge is -2.08. The van der Waals surface area contributed by atoms with Crippen molar-refractivity contribution in [2.45, 2.75) is 6.92 Å². The minimum atomic E-state index is 0.333. The highest BCUT2D eigenvalue weighted by Crippen LogP contribution is 2.24. The summed E-state index contributed by atoms with van der Waals surface area (Å²) in [5, 5.41) is 0. The van der Waals surface area contributed by atoms with Gasteiger partial charge < -0.3 is 10.5 Å². The van der Waals surface area contributed by atoms with E-state index in [9.17, 15) is 0 Å². The van der Waals surface area contributed by atoms with Crippen LogP contribution in [0.15, 0.2) is 40.9 Å². The van der Waals surface area contributed by atoms with E-state index in [4.69, 9.17) is 22.7 Å². The molecular weight excluding hydrogens is 312 g/mol. The molecule has 1 aromatic heterocycles. The number of benzene rings is 1. The van der Waals surface area contributed by atoms with E-state index < -0.39 is 0 Å². The van der Waals surface area contributed by atoms with Gasteiger partial charge in [-0.2, -0.15) is 0 Å². The van der Waals surface area contributed by atoms with Crippen molar-refractivity contribution < 1.29 is 4.74 Å². The molecule has 0 spiro atoms. The van der Waals surface area contributed by atoms with Crippen LogP contribution in [0.1, 0.15) is 11.3 Å². The molecule has 2 N–H and O–H groups in total. The molecule has 92 valence electrons. The van der Waals surface area contributed by atoms with Gasteiger partial charge in [-0.25, -0.2) is 4.98 Å². The van der Waals surface area contributed by atoms with E-state index in [2.05, 4.69) is 20.9 Å². The predicted molar refractivity (Wildman–Crippen MR) is 79.1 cm³/mol. The van der Waals surface area contributed by atoms with Crippen LogP contribution in [0, 0.1) is 6.92 Å². The van der Waals surface area contributed by atoms with Gasteiger partial charge in [-0.3, -0.25) is 0 Å². The number of aromatic nitrogens is 1. The van der Waals surface area contributed by atoms with Crippen molar-refractivity contribution in [2.24, 2.45) is 5.73 Å². The first-order chi connectivity index (χ1) is 8.54. The molecule has 0 atom stereocenters. The second kappa shape index (κ2) is 5.46. The fourth-order valence-corrected chi connectivity index (χ4v) is 1.98. The van der Waals surface area contributed by atoms with Crippen molar-refractivity contribution >= 4 is 33.1 Å². The molecule has 0 saturated carbocycles. The number of pyridine rings is 1. The van der Waals surface area contributed by atoms with Gasteiger partial charge >= 0.3 is 0 Å². The number of halogens is 1. The zero-order chi connectivity index (χ0) is 13.1. The van der Waals surface area contributed by atoms with Gasteiger partial charge in [0, 0.05) is 21.8 Å². The molecule has 0 amide bonds. The Kier molecular flexibility index (Phi) is 3.93. The van der Waals surface area contributed by atoms with Gasteiger partial charge in [0.05, 0.1) is 0 Å². The summed E-state index contributed by atoms with van der Waals surface area (Å²) in [5.74, 6) is 1.19. The third kappa shape index (κ3) is 3.27. The summed E-state index contributed by atoms with van der Waals surface area (Å²) in [6.07, 6.45) is 0. The average molecular weight is 323 g/mol. The second-order valence-electron chi connectivity index (χ2n) is 3.76. The maximum absolute atomic E-state index is 5.67. The highest BCUT2D eigenvalue weighted by atomic mass is 79.9. The van der Waals surface area contributed by atoms with Crippen molar-refractivity contribution in [2.75, 3.05) is 0 Å². The van der Waals surface area contributed by atoms with Gasteiger partial charge in [0.1, 0.15) is 10.7 Å². The summed E-state index contributed by atoms with van der Waals surface area (Å²) < 4.78 is 6.62. The summed E-state index contributed by atoms with van der Waals surface area (Å²) in [4.78, 5) is 4.62. The minimum absolute atomic E-state index is 0.333. The topological polar surface area (TPSA) is 48.1 Å². The van der Waals surface area contributed by atoms with Crippen LogP contribution in [-0.4, -0.2) is 9.97 Å². The van der Waals surface area contributed by atoms with E-state index in [1.54, 1.807) is 6.07 Å². The van der Waals surface area contributed by atoms with Crippen LogP contribution in [0.25, 0.3) is 0 Å². The number of nitrogens with two attached hydrogens (primary N) is 1. The Morgan fingerprint density at radius 1 is 1.33 bits per heavy atom. The zero-order valence-corrected chi connectivity index (χ0v) is 12.1. The lowest BCUT2D eigenvalue weighted by Crippen LogP contribution is -2.10. The molecule has 1 heterocycles. The van der Waals surface area contributed by atoms with Crippen molar-refractivity contribution in [1.82, 2.24) is 4.98 Å². The van der Waals surface area contributed by atoms with Crippen LogP contribution in [-0.2, 0) is 0 Å². The van der Waals surface area contributed by atoms with E-state index in [1.165, 1.54) is 0 Å². The van der Waals surface area contributed by atoms with Crippen LogP contribution in [0.3, 0.4) is 0 Å². The summed E-state index contributed by atoms with van der Waals surface area (Å²) >= 11 is 8.34. The van der Waals surface area contributed by atoms with Crippen LogP contribution >= 0.6 is 28.1 Å². The van der Waals surface area contributed by atoms with Crippen LogP contribution in [0.5, 0.6) is 11.6 Å². The molecule has 1 aromatic carbocycles. The normalized spacial score (nSPS) is 10.1. The summed E-state index contributed by atoms with van der Waals surface area (Å²) in [6.45, 7) is 1.87. The van der Waals surface area contributed by atoms with Crippen molar-refractivity contribution in [1.29, 1.82) is 0 Å². The minimum Gasteiger partial charge on any atom is -0.439 e. The number of rotatable bonds is 3. The zero-order valence-electron chi connectivity index (χ0n) is 9.68. The van der Waals surface area contributed by atoms with Crippen LogP contribution < -0.4 is 10.5 Å². The first-order valence-electron chi connectivity index (χ1n) is 5.26. The molecule has 0 radical (unpaired) electrons. The largest absolute Gasteiger partial charge is 0.439 e. The van der Waals surface area contributed by atoms with E-state index in [-0.39, 0.29) is 0 Å². The molecule has 0 saturated heterocycles. The summed E-state index contributed by atoms with van der Waals surface area (Å²) in [6, 6.07) is 11.1. The number of hydrogen-bond donors (Lipinski definition) is 1. The van der Waals surface area contributed by atoms with Crippen molar-refractivity contribution in [3.63, 3.8) is 0 Å². The van der Waals surface area contributed by atoms with Gasteiger partial charge in [-0.05, 0) is 31.2 Å². The summed E-state index contributed by atoms with van der Waals surface area (Å²) in [5.41, 5.74) is 7.17. The third-order valence-corrected chi connectivity index (χ3v) is 2.96. The lowest BCUT2D eigenvalue weighted by atomic mass is 10.2. The number of ether oxygens (including phenoxy) is 1. The Bertz CT molecular complexity index is 601. The van der Waals surface area contributed by atoms with Crippen molar-refractivity contribution in [3.05, 3.63) is 52.1 Å². The smallest absolute Gasteiger partial charge is 0.220 e. The molecule has 3 nitrogen and oxygen atoms in total. The monoisotopic (exact) mass is 322 g/mol. The standard InChI is InChI=1S/C13H11BrN2OS/c1-8-5-9(13(15)18)6-12(16-8)17-11-4-2-3-10(14)7-11/h2-7H,1H3,(H2,15,18). The SMILES string of the molecule is Cc1cc(C(N)=S)cc(Oc2cccc(Br)c2)n1. The Morgan fingerprint density at radius 3 is 2.78 bits per heavy atom. The molecule has 0 aliphatic heterocycles. The van der Waals surface area contributed by atoms with Gasteiger partial charge in [0.15, 0.2) is 0 Å². The molecule has 0 aliphatic rings. The number of thiocarbonyl (C=S) groups is 1. The van der Waals surface area contributed by atoms with Crippen LogP contribution in [0.2, 0.25) is 0 Å². The molecule has 2 aromatic rings. The lowest BCUT2D eigenvalue weighted by molar-refractivity contribution is 0.461.